The Morgan fingerprint density at radius 3 is 0.825 bits per heavy atom. The highest BCUT2D eigenvalue weighted by Crippen LogP contribution is 2.35. The molecule has 1 unspecified atom stereocenters. The Balaban J connectivity index is 2.44. The summed E-state index contributed by atoms with van der Waals surface area (Å²) in [4.78, 5) is 0. The standard InChI is InChI=1S/C33H66O7/c34-30-28-26-24-22-20-18-16-14-12-10-8-6-4-2-1-3-5-7-9-11-13-15-17-19-21-23-25-27-29-31(35,36)33(39,40)32(30,37)38/h30,34-40H,1-29H2. The van der Waals surface area contributed by atoms with Gasteiger partial charge in [-0.15, -0.1) is 0 Å². The molecule has 0 bridgehead atoms. The lowest BCUT2D eigenvalue weighted by atomic mass is 9.86. The van der Waals surface area contributed by atoms with Gasteiger partial charge in [0.2, 0.25) is 5.79 Å². The largest absolute Gasteiger partial charge is 0.387 e. The van der Waals surface area contributed by atoms with Gasteiger partial charge in [0.25, 0.3) is 11.6 Å². The summed E-state index contributed by atoms with van der Waals surface area (Å²) < 4.78 is 0. The average Bonchev–Trinajstić information content (AvgIpc) is 2.91. The third-order valence-electron chi connectivity index (χ3n) is 9.04. The molecule has 0 aromatic heterocycles. The number of hydrogen-bond donors (Lipinski definition) is 7. The third-order valence-corrected chi connectivity index (χ3v) is 9.04. The Morgan fingerprint density at radius 2 is 0.550 bits per heavy atom. The van der Waals surface area contributed by atoms with Gasteiger partial charge in [0.05, 0.1) is 0 Å². The first kappa shape index (κ1) is 37.7. The molecule has 7 N–H and O–H groups in total. The second-order valence-electron chi connectivity index (χ2n) is 12.8. The van der Waals surface area contributed by atoms with Gasteiger partial charge < -0.3 is 35.7 Å². The topological polar surface area (TPSA) is 142 Å². The predicted octanol–water partition coefficient (Wildman–Crippen LogP) is 6.72. The minimum Gasteiger partial charge on any atom is -0.387 e. The van der Waals surface area contributed by atoms with Crippen molar-refractivity contribution in [1.29, 1.82) is 0 Å². The van der Waals surface area contributed by atoms with Crippen LogP contribution in [-0.2, 0) is 0 Å². The Hall–Kier alpha value is -0.280. The highest BCUT2D eigenvalue weighted by atomic mass is 16.7. The molecule has 1 aliphatic carbocycles. The van der Waals surface area contributed by atoms with Gasteiger partial charge in [0, 0.05) is 6.42 Å². The van der Waals surface area contributed by atoms with Crippen LogP contribution in [0.15, 0.2) is 0 Å². The molecular formula is C33H66O7. The molecule has 0 heterocycles. The van der Waals surface area contributed by atoms with Crippen LogP contribution in [0.3, 0.4) is 0 Å². The molecule has 240 valence electrons. The molecule has 1 rings (SSSR count). The van der Waals surface area contributed by atoms with Gasteiger partial charge in [0.1, 0.15) is 6.10 Å². The van der Waals surface area contributed by atoms with Gasteiger partial charge >= 0.3 is 0 Å². The summed E-state index contributed by atoms with van der Waals surface area (Å²) in [6, 6.07) is 0. The Morgan fingerprint density at radius 1 is 0.325 bits per heavy atom. The van der Waals surface area contributed by atoms with Crippen molar-refractivity contribution in [3.8, 4) is 0 Å². The first-order chi connectivity index (χ1) is 19.1. The average molecular weight is 575 g/mol. The van der Waals surface area contributed by atoms with E-state index in [1.807, 2.05) is 0 Å². The molecule has 7 nitrogen and oxygen atoms in total. The zero-order valence-electron chi connectivity index (χ0n) is 25.7. The van der Waals surface area contributed by atoms with E-state index < -0.39 is 29.9 Å². The second kappa shape index (κ2) is 22.3. The fraction of sp³-hybridized carbons (Fsp3) is 1.00. The smallest absolute Gasteiger partial charge is 0.276 e. The Labute approximate surface area is 245 Å². The summed E-state index contributed by atoms with van der Waals surface area (Å²) in [5, 5.41) is 72.2. The molecule has 0 aromatic carbocycles. The van der Waals surface area contributed by atoms with E-state index in [0.29, 0.717) is 19.3 Å². The van der Waals surface area contributed by atoms with Crippen LogP contribution in [0.1, 0.15) is 186 Å². The van der Waals surface area contributed by atoms with E-state index in [2.05, 4.69) is 0 Å². The third kappa shape index (κ3) is 15.8. The van der Waals surface area contributed by atoms with Crippen molar-refractivity contribution in [2.45, 2.75) is 210 Å². The lowest BCUT2D eigenvalue weighted by molar-refractivity contribution is -0.467. The van der Waals surface area contributed by atoms with E-state index in [-0.39, 0.29) is 6.42 Å². The van der Waals surface area contributed by atoms with Gasteiger partial charge in [0.15, 0.2) is 0 Å². The summed E-state index contributed by atoms with van der Waals surface area (Å²) in [6.45, 7) is 0. The number of rotatable bonds is 0. The maximum absolute atomic E-state index is 10.3. The van der Waals surface area contributed by atoms with Crippen molar-refractivity contribution in [1.82, 2.24) is 0 Å². The van der Waals surface area contributed by atoms with Gasteiger partial charge in [-0.25, -0.2) is 0 Å². The molecule has 1 atom stereocenters. The predicted molar refractivity (Wildman–Crippen MR) is 161 cm³/mol. The van der Waals surface area contributed by atoms with Crippen LogP contribution in [0.2, 0.25) is 0 Å². The maximum atomic E-state index is 10.3. The molecule has 1 fully saturated rings. The van der Waals surface area contributed by atoms with Crippen LogP contribution in [-0.4, -0.2) is 59.2 Å². The highest BCUT2D eigenvalue weighted by molar-refractivity contribution is 4.97. The van der Waals surface area contributed by atoms with Gasteiger partial charge in [-0.2, -0.15) is 0 Å². The monoisotopic (exact) mass is 574 g/mol. The SMILES string of the molecule is OC1CCCCCCCCCCCCCCCCCCCCCCCCCCCCCC(O)(O)C(O)(O)C1(O)O. The molecule has 1 saturated carbocycles. The van der Waals surface area contributed by atoms with E-state index >= 15 is 0 Å². The lowest BCUT2D eigenvalue weighted by Crippen LogP contribution is -2.72. The molecule has 0 saturated heterocycles. The van der Waals surface area contributed by atoms with Crippen molar-refractivity contribution < 1.29 is 35.7 Å². The van der Waals surface area contributed by atoms with Gasteiger partial charge in [-0.1, -0.05) is 167 Å². The minimum absolute atomic E-state index is 0.0774. The van der Waals surface area contributed by atoms with Crippen molar-refractivity contribution in [2.75, 3.05) is 0 Å². The number of hydrogen-bond acceptors (Lipinski definition) is 7. The second-order valence-corrected chi connectivity index (χ2v) is 12.8. The van der Waals surface area contributed by atoms with E-state index in [1.54, 1.807) is 0 Å². The molecule has 1 aliphatic rings. The molecule has 0 amide bonds. The number of aliphatic hydroxyl groups excluding tert-OH is 1. The van der Waals surface area contributed by atoms with Crippen LogP contribution >= 0.6 is 0 Å². The molecule has 0 spiro atoms. The van der Waals surface area contributed by atoms with Crippen molar-refractivity contribution in [2.24, 2.45) is 0 Å². The maximum Gasteiger partial charge on any atom is 0.276 e. The number of aliphatic hydroxyl groups is 7. The summed E-state index contributed by atoms with van der Waals surface area (Å²) in [7, 11) is 0. The van der Waals surface area contributed by atoms with Crippen molar-refractivity contribution >= 4 is 0 Å². The first-order valence-electron chi connectivity index (χ1n) is 17.2. The Kier molecular flexibility index (Phi) is 21.0. The summed E-state index contributed by atoms with van der Waals surface area (Å²) in [5.74, 6) is -10.3. The zero-order valence-corrected chi connectivity index (χ0v) is 25.7. The van der Waals surface area contributed by atoms with E-state index in [0.717, 1.165) is 38.5 Å². The summed E-state index contributed by atoms with van der Waals surface area (Å²) in [5.41, 5.74) is 0. The molecule has 0 aromatic rings. The summed E-state index contributed by atoms with van der Waals surface area (Å²) in [6.07, 6.45) is 28.7. The van der Waals surface area contributed by atoms with E-state index in [4.69, 9.17) is 0 Å². The van der Waals surface area contributed by atoms with Crippen molar-refractivity contribution in [3.05, 3.63) is 0 Å². The van der Waals surface area contributed by atoms with Gasteiger partial charge in [-0.05, 0) is 12.8 Å². The highest BCUT2D eigenvalue weighted by Gasteiger charge is 2.63. The normalized spacial score (nSPS) is 27.8. The minimum atomic E-state index is -3.68. The van der Waals surface area contributed by atoms with Crippen LogP contribution in [0.25, 0.3) is 0 Å². The van der Waals surface area contributed by atoms with Crippen LogP contribution in [0.5, 0.6) is 0 Å². The summed E-state index contributed by atoms with van der Waals surface area (Å²) >= 11 is 0. The van der Waals surface area contributed by atoms with E-state index in [9.17, 15) is 35.7 Å². The van der Waals surface area contributed by atoms with Crippen LogP contribution in [0.4, 0.5) is 0 Å². The fourth-order valence-electron chi connectivity index (χ4n) is 6.03. The Bertz CT molecular complexity index is 579. The first-order valence-corrected chi connectivity index (χ1v) is 17.2. The van der Waals surface area contributed by atoms with E-state index in [1.165, 1.54) is 116 Å². The lowest BCUT2D eigenvalue weighted by Gasteiger charge is -2.44. The molecule has 7 heteroatoms. The molecule has 0 radical (unpaired) electrons. The quantitative estimate of drug-likeness (QED) is 0.159. The zero-order chi connectivity index (χ0) is 29.6. The molecular weight excluding hydrogens is 508 g/mol. The van der Waals surface area contributed by atoms with Gasteiger partial charge in [-0.3, -0.25) is 0 Å². The van der Waals surface area contributed by atoms with Crippen molar-refractivity contribution in [3.63, 3.8) is 0 Å². The molecule has 40 heavy (non-hydrogen) atoms. The van der Waals surface area contributed by atoms with Crippen LogP contribution < -0.4 is 0 Å². The fourth-order valence-corrected chi connectivity index (χ4v) is 6.03. The molecule has 0 aliphatic heterocycles. The van der Waals surface area contributed by atoms with Crippen LogP contribution in [0, 0.1) is 0 Å².